The summed E-state index contributed by atoms with van der Waals surface area (Å²) < 4.78 is 2.47. The summed E-state index contributed by atoms with van der Waals surface area (Å²) in [7, 11) is 0. The lowest BCUT2D eigenvalue weighted by atomic mass is 9.94. The molecule has 0 fully saturated rings. The average molecular weight is 542 g/mol. The van der Waals surface area contributed by atoms with Crippen molar-refractivity contribution in [3.8, 4) is 45.3 Å². The van der Waals surface area contributed by atoms with Crippen molar-refractivity contribution in [2.24, 2.45) is 0 Å². The van der Waals surface area contributed by atoms with Crippen molar-refractivity contribution in [1.82, 2.24) is 15.0 Å². The Hall–Kier alpha value is -5.19. The van der Waals surface area contributed by atoms with Crippen LogP contribution in [0.5, 0.6) is 0 Å². The van der Waals surface area contributed by atoms with E-state index >= 15 is 0 Å². The van der Waals surface area contributed by atoms with Gasteiger partial charge in [-0.1, -0.05) is 121 Å². The Kier molecular flexibility index (Phi) is 5.64. The van der Waals surface area contributed by atoms with Gasteiger partial charge in [0.1, 0.15) is 0 Å². The molecule has 0 unspecified atom stereocenters. The average Bonchev–Trinajstić information content (AvgIpc) is 3.43. The summed E-state index contributed by atoms with van der Waals surface area (Å²) in [6.45, 7) is 0. The first-order chi connectivity index (χ1) is 20.3. The molecule has 0 bridgehead atoms. The fourth-order valence-corrected chi connectivity index (χ4v) is 6.76. The van der Waals surface area contributed by atoms with Crippen LogP contribution in [-0.4, -0.2) is 15.0 Å². The smallest absolute Gasteiger partial charge is 0.164 e. The van der Waals surface area contributed by atoms with E-state index in [-0.39, 0.29) is 0 Å². The number of hydrogen-bond acceptors (Lipinski definition) is 4. The van der Waals surface area contributed by atoms with Crippen LogP contribution in [0.4, 0.5) is 0 Å². The van der Waals surface area contributed by atoms with Crippen molar-refractivity contribution < 1.29 is 0 Å². The summed E-state index contributed by atoms with van der Waals surface area (Å²) in [5.74, 6) is 2.00. The number of rotatable bonds is 4. The second-order valence-corrected chi connectivity index (χ2v) is 11.1. The van der Waals surface area contributed by atoms with Gasteiger partial charge in [0.2, 0.25) is 0 Å². The van der Waals surface area contributed by atoms with Crippen LogP contribution >= 0.6 is 11.3 Å². The summed E-state index contributed by atoms with van der Waals surface area (Å²) >= 11 is 1.81. The molecule has 0 saturated heterocycles. The quantitative estimate of drug-likeness (QED) is 0.222. The highest BCUT2D eigenvalue weighted by atomic mass is 32.1. The van der Waals surface area contributed by atoms with E-state index in [0.717, 1.165) is 22.3 Å². The number of fused-ring (bicyclic) bond motifs is 4. The van der Waals surface area contributed by atoms with Gasteiger partial charge in [0.25, 0.3) is 0 Å². The molecular weight excluding hydrogens is 518 g/mol. The fourth-order valence-electron chi connectivity index (χ4n) is 5.59. The molecule has 192 valence electrons. The molecule has 0 amide bonds. The Morgan fingerprint density at radius 2 is 0.976 bits per heavy atom. The van der Waals surface area contributed by atoms with Gasteiger partial charge in [-0.25, -0.2) is 15.0 Å². The standard InChI is InChI=1S/C37H23N3S/c1-3-13-25(14-4-1)35-38-36(26-15-5-2-6-16-26)40-37(39-35)31-22-27(29-20-11-17-24-12-7-8-18-28(24)29)23-33-34(31)30-19-9-10-21-32(30)41-33/h1-23H. The van der Waals surface area contributed by atoms with E-state index < -0.39 is 0 Å². The molecule has 2 heterocycles. The predicted octanol–water partition coefficient (Wildman–Crippen LogP) is 10.1. The Morgan fingerprint density at radius 3 is 1.71 bits per heavy atom. The summed E-state index contributed by atoms with van der Waals surface area (Å²) in [6, 6.07) is 48.6. The third kappa shape index (κ3) is 4.17. The van der Waals surface area contributed by atoms with Gasteiger partial charge in [-0.15, -0.1) is 11.3 Å². The van der Waals surface area contributed by atoms with Gasteiger partial charge in [-0.3, -0.25) is 0 Å². The van der Waals surface area contributed by atoms with Crippen LogP contribution in [0, 0.1) is 0 Å². The van der Waals surface area contributed by atoms with Gasteiger partial charge < -0.3 is 0 Å². The molecule has 0 atom stereocenters. The number of nitrogens with zero attached hydrogens (tertiary/aromatic N) is 3. The van der Waals surface area contributed by atoms with E-state index in [9.17, 15) is 0 Å². The molecule has 0 aliphatic heterocycles. The molecule has 8 aromatic rings. The highest BCUT2D eigenvalue weighted by Crippen LogP contribution is 2.43. The van der Waals surface area contributed by atoms with E-state index in [2.05, 4.69) is 103 Å². The highest BCUT2D eigenvalue weighted by Gasteiger charge is 2.19. The van der Waals surface area contributed by atoms with Crippen LogP contribution < -0.4 is 0 Å². The molecule has 2 aromatic heterocycles. The topological polar surface area (TPSA) is 38.7 Å². The molecule has 0 aliphatic rings. The summed E-state index contributed by atoms with van der Waals surface area (Å²) in [5.41, 5.74) is 5.29. The molecule has 0 aliphatic carbocycles. The third-order valence-corrected chi connectivity index (χ3v) is 8.64. The molecule has 0 N–H and O–H groups in total. The van der Waals surface area contributed by atoms with Crippen molar-refractivity contribution in [2.75, 3.05) is 0 Å². The van der Waals surface area contributed by atoms with E-state index in [1.165, 1.54) is 36.5 Å². The third-order valence-electron chi connectivity index (χ3n) is 7.52. The zero-order valence-electron chi connectivity index (χ0n) is 22.0. The van der Waals surface area contributed by atoms with Crippen LogP contribution in [0.15, 0.2) is 140 Å². The van der Waals surface area contributed by atoms with Gasteiger partial charge in [-0.05, 0) is 40.1 Å². The second kappa shape index (κ2) is 9.77. The van der Waals surface area contributed by atoms with Gasteiger partial charge in [-0.2, -0.15) is 0 Å². The minimum Gasteiger partial charge on any atom is -0.208 e. The second-order valence-electron chi connectivity index (χ2n) is 10.1. The maximum absolute atomic E-state index is 5.12. The van der Waals surface area contributed by atoms with Gasteiger partial charge >= 0.3 is 0 Å². The Bertz CT molecular complexity index is 2140. The molecule has 0 spiro atoms. The normalized spacial score (nSPS) is 11.4. The summed E-state index contributed by atoms with van der Waals surface area (Å²) in [5, 5.41) is 4.85. The predicted molar refractivity (Wildman–Crippen MR) is 172 cm³/mol. The number of benzene rings is 6. The molecule has 4 heteroatoms. The van der Waals surface area contributed by atoms with Crippen molar-refractivity contribution in [3.05, 3.63) is 140 Å². The molecular formula is C37H23N3S. The van der Waals surface area contributed by atoms with Crippen molar-refractivity contribution in [2.45, 2.75) is 0 Å². The van der Waals surface area contributed by atoms with E-state index in [4.69, 9.17) is 15.0 Å². The van der Waals surface area contributed by atoms with Crippen molar-refractivity contribution >= 4 is 42.3 Å². The van der Waals surface area contributed by atoms with Crippen molar-refractivity contribution in [1.29, 1.82) is 0 Å². The number of aromatic nitrogens is 3. The largest absolute Gasteiger partial charge is 0.208 e. The first kappa shape index (κ1) is 23.7. The molecule has 0 radical (unpaired) electrons. The Balaban J connectivity index is 1.46. The lowest BCUT2D eigenvalue weighted by molar-refractivity contribution is 1.08. The van der Waals surface area contributed by atoms with Crippen molar-refractivity contribution in [3.63, 3.8) is 0 Å². The lowest BCUT2D eigenvalue weighted by Gasteiger charge is -2.12. The van der Waals surface area contributed by atoms with Crippen LogP contribution in [0.3, 0.4) is 0 Å². The highest BCUT2D eigenvalue weighted by molar-refractivity contribution is 7.26. The fraction of sp³-hybridized carbons (Fsp3) is 0. The molecule has 0 saturated carbocycles. The number of thiophene rings is 1. The minimum atomic E-state index is 0.665. The van der Waals surface area contributed by atoms with E-state index in [0.29, 0.717) is 17.5 Å². The van der Waals surface area contributed by atoms with Crippen LogP contribution in [0.1, 0.15) is 0 Å². The van der Waals surface area contributed by atoms with Crippen LogP contribution in [-0.2, 0) is 0 Å². The maximum atomic E-state index is 5.12. The SMILES string of the molecule is c1ccc(-c2nc(-c3ccccc3)nc(-c3cc(-c4cccc5ccccc45)cc4sc5ccccc5c34)n2)cc1. The summed E-state index contributed by atoms with van der Waals surface area (Å²) in [4.78, 5) is 15.2. The monoisotopic (exact) mass is 541 g/mol. The Morgan fingerprint density at radius 1 is 0.390 bits per heavy atom. The lowest BCUT2D eigenvalue weighted by Crippen LogP contribution is -2.00. The van der Waals surface area contributed by atoms with Crippen LogP contribution in [0.25, 0.3) is 76.2 Å². The maximum Gasteiger partial charge on any atom is 0.164 e. The number of hydrogen-bond donors (Lipinski definition) is 0. The van der Waals surface area contributed by atoms with Gasteiger partial charge in [0.15, 0.2) is 17.5 Å². The molecule has 8 rings (SSSR count). The van der Waals surface area contributed by atoms with Gasteiger partial charge in [0, 0.05) is 36.9 Å². The molecule has 41 heavy (non-hydrogen) atoms. The van der Waals surface area contributed by atoms with Gasteiger partial charge in [0.05, 0.1) is 0 Å². The molecule has 3 nitrogen and oxygen atoms in total. The van der Waals surface area contributed by atoms with E-state index in [1.54, 1.807) is 0 Å². The minimum absolute atomic E-state index is 0.665. The molecule has 6 aromatic carbocycles. The zero-order chi connectivity index (χ0) is 27.2. The Labute approximate surface area is 241 Å². The first-order valence-electron chi connectivity index (χ1n) is 13.6. The van der Waals surface area contributed by atoms with Crippen LogP contribution in [0.2, 0.25) is 0 Å². The summed E-state index contributed by atoms with van der Waals surface area (Å²) in [6.07, 6.45) is 0. The zero-order valence-corrected chi connectivity index (χ0v) is 22.8. The first-order valence-corrected chi connectivity index (χ1v) is 14.4. The van der Waals surface area contributed by atoms with E-state index in [1.807, 2.05) is 47.7 Å².